The second-order valence-corrected chi connectivity index (χ2v) is 8.17. The fourth-order valence-electron chi connectivity index (χ4n) is 5.11. The molecule has 4 rings (SSSR count). The molecule has 0 unspecified atom stereocenters. The van der Waals surface area contributed by atoms with Crippen LogP contribution in [0.1, 0.15) is 31.2 Å². The lowest BCUT2D eigenvalue weighted by atomic mass is 9.65. The third-order valence-corrected chi connectivity index (χ3v) is 6.66. The van der Waals surface area contributed by atoms with Crippen LogP contribution in [0, 0.1) is 0 Å². The fraction of sp³-hybridized carbons (Fsp3) is 0.500. The van der Waals surface area contributed by atoms with Gasteiger partial charge >= 0.3 is 6.03 Å². The summed E-state index contributed by atoms with van der Waals surface area (Å²) in [6.45, 7) is 1.04. The van der Waals surface area contributed by atoms with Crippen molar-refractivity contribution in [1.82, 2.24) is 20.4 Å². The van der Waals surface area contributed by atoms with E-state index in [-0.39, 0.29) is 17.5 Å². The van der Waals surface area contributed by atoms with E-state index < -0.39 is 0 Å². The lowest BCUT2D eigenvalue weighted by molar-refractivity contribution is 0.156. The van der Waals surface area contributed by atoms with Crippen LogP contribution in [0.15, 0.2) is 36.7 Å². The molecule has 0 radical (unpaired) electrons. The topological polar surface area (TPSA) is 88.6 Å². The molecule has 8 nitrogen and oxygen atoms in total. The van der Waals surface area contributed by atoms with Crippen LogP contribution in [0.2, 0.25) is 0 Å². The fourth-order valence-corrected chi connectivity index (χ4v) is 5.11. The molecule has 2 fully saturated rings. The summed E-state index contributed by atoms with van der Waals surface area (Å²) in [5.74, 6) is 1.52. The molecule has 30 heavy (non-hydrogen) atoms. The second kappa shape index (κ2) is 8.47. The number of aromatic nitrogens is 2. The quantitative estimate of drug-likeness (QED) is 0.787. The minimum Gasteiger partial charge on any atom is -0.493 e. The van der Waals surface area contributed by atoms with Crippen LogP contribution in [0.4, 0.5) is 10.5 Å². The molecule has 8 heteroatoms. The maximum atomic E-state index is 12.4. The van der Waals surface area contributed by atoms with Gasteiger partial charge in [-0.25, -0.2) is 4.79 Å². The Bertz CT molecular complexity index is 894. The second-order valence-electron chi connectivity index (χ2n) is 8.17. The SMILES string of the molecule is COc1ccc([C@@]23CC[C@H](NC(=O)Nc4ccnnc4)C[C@H]2N(C)CC3)cc1OC. The highest BCUT2D eigenvalue weighted by Crippen LogP contribution is 2.49. The number of carbonyl (C=O) groups is 1. The summed E-state index contributed by atoms with van der Waals surface area (Å²) in [5, 5.41) is 13.5. The van der Waals surface area contributed by atoms with E-state index in [0.29, 0.717) is 11.7 Å². The van der Waals surface area contributed by atoms with Gasteiger partial charge in [0.15, 0.2) is 11.5 Å². The zero-order valence-corrected chi connectivity index (χ0v) is 17.7. The van der Waals surface area contributed by atoms with Gasteiger partial charge in [0, 0.05) is 17.5 Å². The Morgan fingerprint density at radius 2 is 2.00 bits per heavy atom. The van der Waals surface area contributed by atoms with Crippen LogP contribution in [0.3, 0.4) is 0 Å². The highest BCUT2D eigenvalue weighted by atomic mass is 16.5. The van der Waals surface area contributed by atoms with Crippen LogP contribution in [0.25, 0.3) is 0 Å². The summed E-state index contributed by atoms with van der Waals surface area (Å²) in [4.78, 5) is 14.9. The number of anilines is 1. The van der Waals surface area contributed by atoms with Crippen LogP contribution in [-0.2, 0) is 5.41 Å². The number of benzene rings is 1. The predicted octanol–water partition coefficient (Wildman–Crippen LogP) is 2.81. The molecular formula is C22H29N5O3. The predicted molar refractivity (Wildman–Crippen MR) is 114 cm³/mol. The molecule has 1 saturated heterocycles. The van der Waals surface area contributed by atoms with Crippen molar-refractivity contribution in [2.45, 2.75) is 43.2 Å². The molecule has 0 spiro atoms. The maximum absolute atomic E-state index is 12.4. The van der Waals surface area contributed by atoms with Gasteiger partial charge in [-0.3, -0.25) is 0 Å². The summed E-state index contributed by atoms with van der Waals surface area (Å²) in [6, 6.07) is 8.30. The number of methoxy groups -OCH3 is 2. The number of hydrogen-bond donors (Lipinski definition) is 2. The molecule has 1 aliphatic carbocycles. The molecule has 0 bridgehead atoms. The number of nitrogens with zero attached hydrogens (tertiary/aromatic N) is 3. The first-order valence-corrected chi connectivity index (χ1v) is 10.3. The Morgan fingerprint density at radius 3 is 2.73 bits per heavy atom. The monoisotopic (exact) mass is 411 g/mol. The van der Waals surface area contributed by atoms with Gasteiger partial charge in [-0.05, 0) is 63.0 Å². The summed E-state index contributed by atoms with van der Waals surface area (Å²) in [5.41, 5.74) is 1.99. The zero-order chi connectivity index (χ0) is 21.1. The van der Waals surface area contributed by atoms with E-state index in [1.165, 1.54) is 11.8 Å². The Hall–Kier alpha value is -2.87. The lowest BCUT2D eigenvalue weighted by Gasteiger charge is -2.45. The molecule has 1 saturated carbocycles. The van der Waals surface area contributed by atoms with Crippen LogP contribution in [-0.4, -0.2) is 61.0 Å². The van der Waals surface area contributed by atoms with Crippen molar-refractivity contribution in [1.29, 1.82) is 0 Å². The van der Waals surface area contributed by atoms with Crippen molar-refractivity contribution >= 4 is 11.7 Å². The highest BCUT2D eigenvalue weighted by molar-refractivity contribution is 5.89. The number of nitrogens with one attached hydrogen (secondary N) is 2. The number of carbonyl (C=O) groups excluding carboxylic acids is 1. The number of urea groups is 1. The smallest absolute Gasteiger partial charge is 0.319 e. The molecule has 2 heterocycles. The van der Waals surface area contributed by atoms with Gasteiger partial charge in [-0.1, -0.05) is 6.07 Å². The maximum Gasteiger partial charge on any atom is 0.319 e. The standard InChI is InChI=1S/C22H29N5O3/c1-27-11-9-22(15-4-5-18(29-2)19(12-15)30-3)8-6-16(13-20(22)27)25-21(28)26-17-7-10-23-24-14-17/h4-5,7,10,12,14,16,20H,6,8-9,11,13H2,1-3H3,(H2,23,25,26,28)/t16-,20+,22-/m0/s1. The largest absolute Gasteiger partial charge is 0.493 e. The zero-order valence-electron chi connectivity index (χ0n) is 17.7. The summed E-state index contributed by atoms with van der Waals surface area (Å²) < 4.78 is 11.0. The Balaban J connectivity index is 1.49. The Kier molecular flexibility index (Phi) is 5.76. The van der Waals surface area contributed by atoms with Crippen molar-refractivity contribution in [3.63, 3.8) is 0 Å². The van der Waals surface area contributed by atoms with E-state index in [1.54, 1.807) is 26.5 Å². The van der Waals surface area contributed by atoms with Gasteiger partial charge in [-0.2, -0.15) is 10.2 Å². The van der Waals surface area contributed by atoms with E-state index in [1.807, 2.05) is 6.07 Å². The van der Waals surface area contributed by atoms with E-state index >= 15 is 0 Å². The minimum atomic E-state index is -0.202. The number of hydrogen-bond acceptors (Lipinski definition) is 6. The van der Waals surface area contributed by atoms with Crippen LogP contribution in [0.5, 0.6) is 11.5 Å². The lowest BCUT2D eigenvalue weighted by Crippen LogP contribution is -2.52. The summed E-state index contributed by atoms with van der Waals surface area (Å²) in [7, 11) is 5.51. The highest BCUT2D eigenvalue weighted by Gasteiger charge is 2.50. The molecule has 160 valence electrons. The number of amides is 2. The van der Waals surface area contributed by atoms with Gasteiger partial charge in [0.05, 0.1) is 32.3 Å². The van der Waals surface area contributed by atoms with Crippen molar-refractivity contribution in [3.8, 4) is 11.5 Å². The molecule has 1 aliphatic heterocycles. The molecule has 1 aromatic heterocycles. The molecular weight excluding hydrogens is 382 g/mol. The number of ether oxygens (including phenoxy) is 2. The minimum absolute atomic E-state index is 0.0674. The van der Waals surface area contributed by atoms with E-state index in [9.17, 15) is 4.79 Å². The molecule has 2 aromatic rings. The van der Waals surface area contributed by atoms with Crippen LogP contribution < -0.4 is 20.1 Å². The Morgan fingerprint density at radius 1 is 1.17 bits per heavy atom. The van der Waals surface area contributed by atoms with Gasteiger partial charge in [0.25, 0.3) is 0 Å². The molecule has 2 amide bonds. The number of rotatable bonds is 5. The molecule has 2 aliphatic rings. The van der Waals surface area contributed by atoms with Crippen molar-refractivity contribution < 1.29 is 14.3 Å². The summed E-state index contributed by atoms with van der Waals surface area (Å²) in [6.07, 6.45) is 7.05. The first-order chi connectivity index (χ1) is 14.6. The van der Waals surface area contributed by atoms with Gasteiger partial charge in [-0.15, -0.1) is 0 Å². The van der Waals surface area contributed by atoms with Crippen molar-refractivity contribution in [2.75, 3.05) is 33.1 Å². The molecule has 3 atom stereocenters. The number of likely N-dealkylation sites (tertiary alicyclic amines) is 1. The number of fused-ring (bicyclic) bond motifs is 1. The average molecular weight is 412 g/mol. The third-order valence-electron chi connectivity index (χ3n) is 6.66. The third kappa shape index (κ3) is 3.79. The van der Waals surface area contributed by atoms with Gasteiger partial charge < -0.3 is 25.0 Å². The Labute approximate surface area is 177 Å². The van der Waals surface area contributed by atoms with E-state index in [4.69, 9.17) is 9.47 Å². The van der Waals surface area contributed by atoms with Crippen molar-refractivity contribution in [3.05, 3.63) is 42.2 Å². The number of likely N-dealkylation sites (N-methyl/N-ethyl adjacent to an activating group) is 1. The molecule has 2 N–H and O–H groups in total. The normalized spacial score (nSPS) is 26.0. The average Bonchev–Trinajstić information content (AvgIpc) is 3.11. The van der Waals surface area contributed by atoms with E-state index in [0.717, 1.165) is 43.7 Å². The summed E-state index contributed by atoms with van der Waals surface area (Å²) >= 11 is 0. The first kappa shape index (κ1) is 20.4. The first-order valence-electron chi connectivity index (χ1n) is 10.3. The molecule has 1 aromatic carbocycles. The van der Waals surface area contributed by atoms with E-state index in [2.05, 4.69) is 44.9 Å². The van der Waals surface area contributed by atoms with Crippen LogP contribution >= 0.6 is 0 Å². The van der Waals surface area contributed by atoms with Crippen molar-refractivity contribution in [2.24, 2.45) is 0 Å². The van der Waals surface area contributed by atoms with Gasteiger partial charge in [0.1, 0.15) is 0 Å². The van der Waals surface area contributed by atoms with Gasteiger partial charge in [0.2, 0.25) is 0 Å².